The number of nitrogens with one attached hydrogen (secondary N) is 2. The fraction of sp³-hybridized carbons (Fsp3) is 0.421. The Balaban J connectivity index is 2.26. The number of benzene rings is 1. The number of hydrogen-bond donors (Lipinski definition) is 2. The minimum atomic E-state index is -0.000131. The minimum absolute atomic E-state index is 0.000131. The molecule has 0 unspecified atom stereocenters. The molecular formula is C19H28N6O. The van der Waals surface area contributed by atoms with Gasteiger partial charge in [0.05, 0.1) is 18.6 Å². The van der Waals surface area contributed by atoms with E-state index in [-0.39, 0.29) is 12.5 Å². The Morgan fingerprint density at radius 2 is 1.88 bits per heavy atom. The number of pyridine rings is 1. The first-order valence-electron chi connectivity index (χ1n) is 8.70. The fourth-order valence-corrected chi connectivity index (χ4v) is 2.42. The Kier molecular flexibility index (Phi) is 6.77. The molecule has 140 valence electrons. The van der Waals surface area contributed by atoms with Gasteiger partial charge in [-0.25, -0.2) is 9.98 Å². The smallest absolute Gasteiger partial charge is 0.241 e. The summed E-state index contributed by atoms with van der Waals surface area (Å²) in [6, 6.07) is 10.1. The Hall–Kier alpha value is -2.83. The Bertz CT molecular complexity index is 785. The van der Waals surface area contributed by atoms with Crippen LogP contribution >= 0.6 is 0 Å². The third-order valence-electron chi connectivity index (χ3n) is 3.90. The maximum Gasteiger partial charge on any atom is 0.241 e. The van der Waals surface area contributed by atoms with Crippen molar-refractivity contribution in [3.63, 3.8) is 0 Å². The van der Waals surface area contributed by atoms with Crippen LogP contribution in [0.25, 0.3) is 10.9 Å². The first-order valence-corrected chi connectivity index (χ1v) is 8.70. The van der Waals surface area contributed by atoms with E-state index in [0.29, 0.717) is 12.5 Å². The molecule has 0 bridgehead atoms. The summed E-state index contributed by atoms with van der Waals surface area (Å²) in [4.78, 5) is 24.6. The normalized spacial score (nSPS) is 11.3. The summed E-state index contributed by atoms with van der Waals surface area (Å²) in [7, 11) is 7.42. The predicted octanol–water partition coefficient (Wildman–Crippen LogP) is 1.44. The lowest BCUT2D eigenvalue weighted by Gasteiger charge is -2.16. The highest BCUT2D eigenvalue weighted by Crippen LogP contribution is 2.22. The van der Waals surface area contributed by atoms with Gasteiger partial charge in [0, 0.05) is 40.1 Å². The van der Waals surface area contributed by atoms with Crippen molar-refractivity contribution < 1.29 is 4.79 Å². The molecule has 0 aliphatic rings. The number of nitrogens with zero attached hydrogens (tertiary/aromatic N) is 4. The molecular weight excluding hydrogens is 328 g/mol. The van der Waals surface area contributed by atoms with Crippen molar-refractivity contribution in [2.24, 2.45) is 4.99 Å². The monoisotopic (exact) mass is 356 g/mol. The first-order chi connectivity index (χ1) is 12.4. The molecule has 2 N–H and O–H groups in total. The van der Waals surface area contributed by atoms with Crippen LogP contribution < -0.4 is 15.5 Å². The largest absolute Gasteiger partial charge is 0.363 e. The number of fused-ring (bicyclic) bond motifs is 1. The van der Waals surface area contributed by atoms with Crippen molar-refractivity contribution >= 4 is 28.6 Å². The summed E-state index contributed by atoms with van der Waals surface area (Å²) in [5, 5.41) is 7.34. The van der Waals surface area contributed by atoms with Gasteiger partial charge in [-0.3, -0.25) is 4.79 Å². The number of aromatic nitrogens is 1. The Morgan fingerprint density at radius 3 is 2.54 bits per heavy atom. The lowest BCUT2D eigenvalue weighted by molar-refractivity contribution is -0.127. The van der Waals surface area contributed by atoms with Gasteiger partial charge >= 0.3 is 0 Å². The first kappa shape index (κ1) is 19.5. The lowest BCUT2D eigenvalue weighted by Crippen LogP contribution is -2.42. The zero-order valence-corrected chi connectivity index (χ0v) is 16.2. The summed E-state index contributed by atoms with van der Waals surface area (Å²) in [5.74, 6) is 1.52. The molecule has 2 aromatic rings. The van der Waals surface area contributed by atoms with Crippen molar-refractivity contribution in [1.29, 1.82) is 0 Å². The molecule has 1 heterocycles. The minimum Gasteiger partial charge on any atom is -0.363 e. The second-order valence-electron chi connectivity index (χ2n) is 6.39. The van der Waals surface area contributed by atoms with Crippen molar-refractivity contribution in [2.45, 2.75) is 13.5 Å². The highest BCUT2D eigenvalue weighted by atomic mass is 16.2. The number of amides is 1. The van der Waals surface area contributed by atoms with Crippen LogP contribution in [-0.2, 0) is 11.3 Å². The molecule has 26 heavy (non-hydrogen) atoms. The highest BCUT2D eigenvalue weighted by Gasteiger charge is 2.08. The molecule has 0 saturated carbocycles. The van der Waals surface area contributed by atoms with Gasteiger partial charge in [0.15, 0.2) is 5.96 Å². The highest BCUT2D eigenvalue weighted by molar-refractivity contribution is 5.87. The number of rotatable bonds is 6. The molecule has 2 rings (SSSR count). The van der Waals surface area contributed by atoms with Crippen LogP contribution in [0.1, 0.15) is 12.5 Å². The van der Waals surface area contributed by atoms with Gasteiger partial charge in [-0.1, -0.05) is 18.2 Å². The molecule has 0 spiro atoms. The SMILES string of the molecule is CCNC(=NCc1cc(N(C)C)nc2ccccc12)NCC(=O)N(C)C. The van der Waals surface area contributed by atoms with Crippen LogP contribution in [0.4, 0.5) is 5.82 Å². The van der Waals surface area contributed by atoms with Gasteiger partial charge < -0.3 is 20.4 Å². The van der Waals surface area contributed by atoms with Crippen LogP contribution in [0.5, 0.6) is 0 Å². The number of likely N-dealkylation sites (N-methyl/N-ethyl adjacent to an activating group) is 1. The average Bonchev–Trinajstić information content (AvgIpc) is 2.62. The van der Waals surface area contributed by atoms with Gasteiger partial charge in [-0.05, 0) is 24.6 Å². The van der Waals surface area contributed by atoms with Gasteiger partial charge in [0.2, 0.25) is 5.91 Å². The number of aliphatic imine (C=N–C) groups is 1. The molecule has 7 nitrogen and oxygen atoms in total. The molecule has 1 amide bonds. The van der Waals surface area contributed by atoms with Crippen molar-refractivity contribution in [2.75, 3.05) is 46.2 Å². The van der Waals surface area contributed by atoms with Crippen LogP contribution in [0.15, 0.2) is 35.3 Å². The zero-order valence-electron chi connectivity index (χ0n) is 16.2. The van der Waals surface area contributed by atoms with E-state index < -0.39 is 0 Å². The van der Waals surface area contributed by atoms with E-state index in [9.17, 15) is 4.79 Å². The summed E-state index contributed by atoms with van der Waals surface area (Å²) in [6.07, 6.45) is 0. The average molecular weight is 356 g/mol. The van der Waals surface area contributed by atoms with E-state index in [0.717, 1.165) is 28.8 Å². The van der Waals surface area contributed by atoms with E-state index >= 15 is 0 Å². The number of guanidine groups is 1. The summed E-state index contributed by atoms with van der Waals surface area (Å²) < 4.78 is 0. The maximum atomic E-state index is 11.8. The van der Waals surface area contributed by atoms with Crippen molar-refractivity contribution in [3.05, 3.63) is 35.9 Å². The third-order valence-corrected chi connectivity index (χ3v) is 3.90. The second kappa shape index (κ2) is 9.03. The van der Waals surface area contributed by atoms with Gasteiger partial charge in [0.1, 0.15) is 5.82 Å². The number of anilines is 1. The molecule has 0 fully saturated rings. The summed E-state index contributed by atoms with van der Waals surface area (Å²) in [5.41, 5.74) is 2.04. The second-order valence-corrected chi connectivity index (χ2v) is 6.39. The standard InChI is InChI=1S/C19H28N6O/c1-6-20-19(22-13-18(26)25(4)5)21-12-14-11-17(24(2)3)23-16-10-8-7-9-15(14)16/h7-11H,6,12-13H2,1-5H3,(H2,20,21,22). The van der Waals surface area contributed by atoms with Crippen LogP contribution in [0.3, 0.4) is 0 Å². The summed E-state index contributed by atoms with van der Waals surface area (Å²) in [6.45, 7) is 3.42. The molecule has 7 heteroatoms. The van der Waals surface area contributed by atoms with Crippen molar-refractivity contribution in [3.8, 4) is 0 Å². The van der Waals surface area contributed by atoms with E-state index in [1.807, 2.05) is 44.1 Å². The molecule has 0 aliphatic heterocycles. The molecule has 1 aromatic heterocycles. The van der Waals surface area contributed by atoms with E-state index in [1.54, 1.807) is 19.0 Å². The van der Waals surface area contributed by atoms with E-state index in [2.05, 4.69) is 32.7 Å². The van der Waals surface area contributed by atoms with E-state index in [1.165, 1.54) is 0 Å². The number of carbonyl (C=O) groups is 1. The topological polar surface area (TPSA) is 72.9 Å². The van der Waals surface area contributed by atoms with Gasteiger partial charge in [-0.15, -0.1) is 0 Å². The third kappa shape index (κ3) is 5.08. The van der Waals surface area contributed by atoms with Crippen LogP contribution in [0.2, 0.25) is 0 Å². The van der Waals surface area contributed by atoms with Crippen LogP contribution in [-0.4, -0.2) is 63.0 Å². The summed E-state index contributed by atoms with van der Waals surface area (Å²) >= 11 is 0. The number of hydrogen-bond acceptors (Lipinski definition) is 4. The lowest BCUT2D eigenvalue weighted by atomic mass is 10.1. The Morgan fingerprint density at radius 1 is 1.15 bits per heavy atom. The predicted molar refractivity (Wildman–Crippen MR) is 108 cm³/mol. The zero-order chi connectivity index (χ0) is 19.1. The molecule has 0 radical (unpaired) electrons. The van der Waals surface area contributed by atoms with Crippen molar-refractivity contribution in [1.82, 2.24) is 20.5 Å². The number of carbonyl (C=O) groups excluding carboxylic acids is 1. The Labute approximate surface area is 155 Å². The molecule has 0 aliphatic carbocycles. The fourth-order valence-electron chi connectivity index (χ4n) is 2.42. The quantitative estimate of drug-likeness (QED) is 0.605. The molecule has 0 saturated heterocycles. The molecule has 1 aromatic carbocycles. The van der Waals surface area contributed by atoms with Gasteiger partial charge in [0.25, 0.3) is 0 Å². The van der Waals surface area contributed by atoms with E-state index in [4.69, 9.17) is 0 Å². The maximum absolute atomic E-state index is 11.8. The van der Waals surface area contributed by atoms with Gasteiger partial charge in [-0.2, -0.15) is 0 Å². The number of para-hydroxylation sites is 1. The molecule has 0 atom stereocenters. The van der Waals surface area contributed by atoms with Crippen LogP contribution in [0, 0.1) is 0 Å².